The Hall–Kier alpha value is -1.50. The Morgan fingerprint density at radius 3 is 3.05 bits per heavy atom. The largest absolute Gasteiger partial charge is 0.392 e. The lowest BCUT2D eigenvalue weighted by Gasteiger charge is -2.19. The number of fused-ring (bicyclic) bond motifs is 1. The molecule has 0 aliphatic carbocycles. The first-order valence-electron chi connectivity index (χ1n) is 6.64. The third kappa shape index (κ3) is 2.67. The lowest BCUT2D eigenvalue weighted by Crippen LogP contribution is -2.41. The molecule has 3 rings (SSSR count). The maximum absolute atomic E-state index is 12.2. The van der Waals surface area contributed by atoms with Gasteiger partial charge in [0.2, 0.25) is 5.91 Å². The summed E-state index contributed by atoms with van der Waals surface area (Å²) < 4.78 is 1.14. The molecule has 0 radical (unpaired) electrons. The number of nitrogens with one attached hydrogen (secondary N) is 1. The van der Waals surface area contributed by atoms with Crippen molar-refractivity contribution in [3.8, 4) is 0 Å². The molecule has 0 unspecified atom stereocenters. The normalized spacial score (nSPS) is 22.3. The molecule has 0 bridgehead atoms. The summed E-state index contributed by atoms with van der Waals surface area (Å²) in [5, 5.41) is 13.4. The van der Waals surface area contributed by atoms with Gasteiger partial charge >= 0.3 is 0 Å². The summed E-state index contributed by atoms with van der Waals surface area (Å²) in [5.74, 6) is 0.0146. The first kappa shape index (κ1) is 13.5. The summed E-state index contributed by atoms with van der Waals surface area (Å²) in [5.41, 5.74) is 0.975. The molecule has 2 heterocycles. The quantitative estimate of drug-likeness (QED) is 0.884. The summed E-state index contributed by atoms with van der Waals surface area (Å²) >= 11 is 1.61. The van der Waals surface area contributed by atoms with Gasteiger partial charge in [-0.15, -0.1) is 11.3 Å². The highest BCUT2D eigenvalue weighted by atomic mass is 32.1. The number of para-hydroxylation sites is 1. The van der Waals surface area contributed by atoms with E-state index in [0.29, 0.717) is 19.5 Å². The average Bonchev–Trinajstić information content (AvgIpc) is 3.03. The topological polar surface area (TPSA) is 65.5 Å². The van der Waals surface area contributed by atoms with Crippen molar-refractivity contribution in [1.29, 1.82) is 0 Å². The molecule has 2 N–H and O–H groups in total. The predicted molar refractivity (Wildman–Crippen MR) is 78.5 cm³/mol. The number of carbonyl (C=O) groups is 1. The molecule has 5 nitrogen and oxygen atoms in total. The second-order valence-electron chi connectivity index (χ2n) is 5.12. The second-order valence-corrected chi connectivity index (χ2v) is 6.24. The minimum atomic E-state index is -0.417. The van der Waals surface area contributed by atoms with Gasteiger partial charge in [-0.3, -0.25) is 4.79 Å². The predicted octanol–water partition coefficient (Wildman–Crippen LogP) is 0.977. The molecule has 1 saturated heterocycles. The standard InChI is InChI=1S/C14H17N3O2S/c1-17(14(19)11-6-9(18)7-15-11)8-13-16-10-4-2-3-5-12(10)20-13/h2-5,9,11,15,18H,6-8H2,1H3/t9-,11+/m1/s1. The van der Waals surface area contributed by atoms with E-state index in [1.54, 1.807) is 23.3 Å². The summed E-state index contributed by atoms with van der Waals surface area (Å²) in [6, 6.07) is 7.69. The molecule has 1 aromatic carbocycles. The molecule has 6 heteroatoms. The summed E-state index contributed by atoms with van der Waals surface area (Å²) in [6.45, 7) is 0.998. The Morgan fingerprint density at radius 1 is 1.55 bits per heavy atom. The fraction of sp³-hybridized carbons (Fsp3) is 0.429. The maximum Gasteiger partial charge on any atom is 0.239 e. The van der Waals surface area contributed by atoms with Crippen LogP contribution in [0, 0.1) is 0 Å². The van der Waals surface area contributed by atoms with Gasteiger partial charge in [-0.05, 0) is 18.6 Å². The van der Waals surface area contributed by atoms with Crippen LogP contribution in [-0.4, -0.2) is 46.6 Å². The Morgan fingerprint density at radius 2 is 2.35 bits per heavy atom. The van der Waals surface area contributed by atoms with Crippen molar-refractivity contribution in [2.75, 3.05) is 13.6 Å². The number of β-amino-alcohol motifs (C(OH)–C–C–N with tert-alkyl or cyclic N) is 1. The smallest absolute Gasteiger partial charge is 0.239 e. The number of hydrogen-bond acceptors (Lipinski definition) is 5. The third-order valence-electron chi connectivity index (χ3n) is 3.49. The van der Waals surface area contributed by atoms with Crippen LogP contribution < -0.4 is 5.32 Å². The number of benzene rings is 1. The zero-order valence-corrected chi connectivity index (χ0v) is 12.1. The van der Waals surface area contributed by atoms with Gasteiger partial charge in [0.1, 0.15) is 5.01 Å². The molecule has 1 fully saturated rings. The first-order valence-corrected chi connectivity index (χ1v) is 7.46. The van der Waals surface area contributed by atoms with Gasteiger partial charge in [0.15, 0.2) is 0 Å². The van der Waals surface area contributed by atoms with Crippen molar-refractivity contribution in [3.63, 3.8) is 0 Å². The molecule has 2 atom stereocenters. The van der Waals surface area contributed by atoms with Gasteiger partial charge in [-0.1, -0.05) is 12.1 Å². The van der Waals surface area contributed by atoms with E-state index in [-0.39, 0.29) is 11.9 Å². The van der Waals surface area contributed by atoms with E-state index in [1.807, 2.05) is 24.3 Å². The first-order chi connectivity index (χ1) is 9.63. The van der Waals surface area contributed by atoms with Crippen molar-refractivity contribution in [3.05, 3.63) is 29.3 Å². The molecular formula is C14H17N3O2S. The lowest BCUT2D eigenvalue weighted by molar-refractivity contribution is -0.132. The van der Waals surface area contributed by atoms with Crippen LogP contribution in [0.5, 0.6) is 0 Å². The number of rotatable bonds is 3. The monoisotopic (exact) mass is 291 g/mol. The minimum Gasteiger partial charge on any atom is -0.392 e. The van der Waals surface area contributed by atoms with Crippen molar-refractivity contribution in [2.24, 2.45) is 0 Å². The zero-order chi connectivity index (χ0) is 14.1. The summed E-state index contributed by atoms with van der Waals surface area (Å²) in [6.07, 6.45) is 0.0723. The van der Waals surface area contributed by atoms with E-state index in [0.717, 1.165) is 15.2 Å². The van der Waals surface area contributed by atoms with E-state index < -0.39 is 6.10 Å². The SMILES string of the molecule is CN(Cc1nc2ccccc2s1)C(=O)[C@@H]1C[C@@H](O)CN1. The Labute approximate surface area is 121 Å². The maximum atomic E-state index is 12.2. The third-order valence-corrected chi connectivity index (χ3v) is 4.51. The fourth-order valence-corrected chi connectivity index (χ4v) is 3.46. The number of aliphatic hydroxyl groups is 1. The minimum absolute atomic E-state index is 0.0146. The summed E-state index contributed by atoms with van der Waals surface area (Å²) in [7, 11) is 1.78. The van der Waals surface area contributed by atoms with Crippen molar-refractivity contribution in [1.82, 2.24) is 15.2 Å². The number of thiazole rings is 1. The van der Waals surface area contributed by atoms with Crippen LogP contribution >= 0.6 is 11.3 Å². The summed E-state index contributed by atoms with van der Waals surface area (Å²) in [4.78, 5) is 18.4. The van der Waals surface area contributed by atoms with Crippen LogP contribution in [0.25, 0.3) is 10.2 Å². The molecule has 20 heavy (non-hydrogen) atoms. The highest BCUT2D eigenvalue weighted by Crippen LogP contribution is 2.22. The van der Waals surface area contributed by atoms with Crippen molar-refractivity contribution >= 4 is 27.5 Å². The van der Waals surface area contributed by atoms with Gasteiger partial charge < -0.3 is 15.3 Å². The number of aliphatic hydroxyl groups excluding tert-OH is 1. The van der Waals surface area contributed by atoms with Gasteiger partial charge in [-0.25, -0.2) is 4.98 Å². The van der Waals surface area contributed by atoms with E-state index in [1.165, 1.54) is 0 Å². The number of nitrogens with zero attached hydrogens (tertiary/aromatic N) is 2. The van der Waals surface area contributed by atoms with Gasteiger partial charge in [0.25, 0.3) is 0 Å². The van der Waals surface area contributed by atoms with Crippen LogP contribution in [-0.2, 0) is 11.3 Å². The van der Waals surface area contributed by atoms with Crippen LogP contribution in [0.2, 0.25) is 0 Å². The Kier molecular flexibility index (Phi) is 3.69. The molecule has 1 aliphatic rings. The van der Waals surface area contributed by atoms with E-state index >= 15 is 0 Å². The molecule has 0 saturated carbocycles. The number of carbonyl (C=O) groups excluding carboxylic acids is 1. The van der Waals surface area contributed by atoms with Gasteiger partial charge in [-0.2, -0.15) is 0 Å². The van der Waals surface area contributed by atoms with Crippen LogP contribution in [0.1, 0.15) is 11.4 Å². The molecule has 1 amide bonds. The van der Waals surface area contributed by atoms with Crippen molar-refractivity contribution < 1.29 is 9.90 Å². The van der Waals surface area contributed by atoms with Gasteiger partial charge in [0, 0.05) is 13.6 Å². The Bertz CT molecular complexity index is 595. The number of likely N-dealkylation sites (N-methyl/N-ethyl adjacent to an activating group) is 1. The Balaban J connectivity index is 1.68. The lowest BCUT2D eigenvalue weighted by atomic mass is 10.2. The highest BCUT2D eigenvalue weighted by molar-refractivity contribution is 7.18. The van der Waals surface area contributed by atoms with E-state index in [2.05, 4.69) is 10.3 Å². The van der Waals surface area contributed by atoms with Gasteiger partial charge in [0.05, 0.1) is 28.9 Å². The van der Waals surface area contributed by atoms with E-state index in [4.69, 9.17) is 0 Å². The highest BCUT2D eigenvalue weighted by Gasteiger charge is 2.30. The zero-order valence-electron chi connectivity index (χ0n) is 11.2. The average molecular weight is 291 g/mol. The van der Waals surface area contributed by atoms with Crippen LogP contribution in [0.15, 0.2) is 24.3 Å². The number of hydrogen-bond donors (Lipinski definition) is 2. The van der Waals surface area contributed by atoms with Crippen LogP contribution in [0.3, 0.4) is 0 Å². The molecule has 0 spiro atoms. The molecule has 1 aliphatic heterocycles. The van der Waals surface area contributed by atoms with E-state index in [9.17, 15) is 9.90 Å². The molecule has 2 aromatic rings. The fourth-order valence-electron chi connectivity index (χ4n) is 2.44. The number of aromatic nitrogens is 1. The second kappa shape index (κ2) is 5.47. The molecule has 1 aromatic heterocycles. The van der Waals surface area contributed by atoms with Crippen molar-refractivity contribution in [2.45, 2.75) is 25.1 Å². The number of amides is 1. The molecular weight excluding hydrogens is 274 g/mol. The van der Waals surface area contributed by atoms with Crippen LogP contribution in [0.4, 0.5) is 0 Å². The molecule has 106 valence electrons.